The first-order chi connectivity index (χ1) is 11.3. The Morgan fingerprint density at radius 1 is 1.12 bits per heavy atom. The second-order valence-electron chi connectivity index (χ2n) is 6.76. The van der Waals surface area contributed by atoms with E-state index in [2.05, 4.69) is 0 Å². The molecule has 24 heavy (non-hydrogen) atoms. The highest BCUT2D eigenvalue weighted by molar-refractivity contribution is 5.89. The number of amides is 1. The first-order valence-corrected chi connectivity index (χ1v) is 8.15. The monoisotopic (exact) mass is 335 g/mol. The van der Waals surface area contributed by atoms with Crippen molar-refractivity contribution in [1.82, 2.24) is 4.90 Å². The third-order valence-corrected chi connectivity index (χ3v) is 3.64. The zero-order chi connectivity index (χ0) is 17.7. The van der Waals surface area contributed by atoms with Crippen LogP contribution in [0.15, 0.2) is 24.3 Å². The molecule has 0 aliphatic carbocycles. The number of hydrogen-bond acceptors (Lipinski definition) is 5. The average molecular weight is 335 g/mol. The topological polar surface area (TPSA) is 65.1 Å². The van der Waals surface area contributed by atoms with Gasteiger partial charge in [0.15, 0.2) is 6.23 Å². The molecule has 1 aliphatic rings. The molecule has 0 unspecified atom stereocenters. The molecule has 0 spiro atoms. The minimum Gasteiger partial charge on any atom is -0.497 e. The van der Waals surface area contributed by atoms with E-state index >= 15 is 0 Å². The van der Waals surface area contributed by atoms with E-state index in [1.165, 1.54) is 4.90 Å². The molecule has 1 heterocycles. The van der Waals surface area contributed by atoms with Gasteiger partial charge < -0.3 is 14.2 Å². The molecule has 1 saturated heterocycles. The Bertz CT molecular complexity index is 576. The fourth-order valence-electron chi connectivity index (χ4n) is 2.47. The second-order valence-corrected chi connectivity index (χ2v) is 6.76. The Hall–Kier alpha value is -2.24. The first-order valence-electron chi connectivity index (χ1n) is 8.15. The summed E-state index contributed by atoms with van der Waals surface area (Å²) in [6, 6.07) is 6.68. The van der Waals surface area contributed by atoms with Crippen molar-refractivity contribution in [3.05, 3.63) is 29.8 Å². The maximum absolute atomic E-state index is 12.3. The Morgan fingerprint density at radius 2 is 1.79 bits per heavy atom. The molecule has 1 fully saturated rings. The molecular weight excluding hydrogens is 310 g/mol. The number of nitrogens with zero attached hydrogens (tertiary/aromatic N) is 1. The number of carbonyl (C=O) groups excluding carboxylic acids is 2. The van der Waals surface area contributed by atoms with Gasteiger partial charge in [-0.25, -0.2) is 9.59 Å². The lowest BCUT2D eigenvalue weighted by atomic mass is 10.1. The molecule has 1 amide bonds. The largest absolute Gasteiger partial charge is 0.497 e. The van der Waals surface area contributed by atoms with Crippen LogP contribution < -0.4 is 4.74 Å². The third kappa shape index (κ3) is 4.88. The second kappa shape index (κ2) is 7.55. The SMILES string of the molecule is COc1ccc(C(=O)O[C@@H]2CCCCN2C(=O)OC(C)(C)C)cc1. The normalized spacial score (nSPS) is 18.0. The van der Waals surface area contributed by atoms with E-state index in [1.807, 2.05) is 20.8 Å². The Morgan fingerprint density at radius 3 is 2.38 bits per heavy atom. The molecule has 1 aromatic carbocycles. The number of ether oxygens (including phenoxy) is 3. The van der Waals surface area contributed by atoms with Crippen LogP contribution in [0.25, 0.3) is 0 Å². The molecule has 132 valence electrons. The lowest BCUT2D eigenvalue weighted by Crippen LogP contribution is -2.48. The Kier molecular flexibility index (Phi) is 5.70. The highest BCUT2D eigenvalue weighted by atomic mass is 16.6. The van der Waals surface area contributed by atoms with Crippen LogP contribution in [0.5, 0.6) is 5.75 Å². The lowest BCUT2D eigenvalue weighted by Gasteiger charge is -2.35. The molecule has 1 aliphatic heterocycles. The molecule has 0 aromatic heterocycles. The van der Waals surface area contributed by atoms with E-state index in [0.29, 0.717) is 24.3 Å². The fraction of sp³-hybridized carbons (Fsp3) is 0.556. The maximum Gasteiger partial charge on any atom is 0.413 e. The molecule has 0 saturated carbocycles. The van der Waals surface area contributed by atoms with Gasteiger partial charge in [-0.1, -0.05) is 0 Å². The summed E-state index contributed by atoms with van der Waals surface area (Å²) in [6.07, 6.45) is 1.34. The standard InChI is InChI=1S/C18H25NO5/c1-18(2,3)24-17(21)19-12-6-5-7-15(19)23-16(20)13-8-10-14(22-4)11-9-13/h8-11,15H,5-7,12H2,1-4H3/t15-/m1/s1. The minimum absolute atomic E-state index is 0.422. The van der Waals surface area contributed by atoms with Gasteiger partial charge in [0.25, 0.3) is 0 Å². The van der Waals surface area contributed by atoms with Crippen molar-refractivity contribution in [3.63, 3.8) is 0 Å². The van der Waals surface area contributed by atoms with Gasteiger partial charge >= 0.3 is 12.1 Å². The van der Waals surface area contributed by atoms with Crippen molar-refractivity contribution >= 4 is 12.1 Å². The predicted octanol–water partition coefficient (Wildman–Crippen LogP) is 3.60. The van der Waals surface area contributed by atoms with Crippen LogP contribution >= 0.6 is 0 Å². The van der Waals surface area contributed by atoms with Gasteiger partial charge in [-0.3, -0.25) is 4.90 Å². The minimum atomic E-state index is -0.594. The summed E-state index contributed by atoms with van der Waals surface area (Å²) in [4.78, 5) is 26.1. The summed E-state index contributed by atoms with van der Waals surface area (Å²) in [6.45, 7) is 5.96. The van der Waals surface area contributed by atoms with Gasteiger partial charge in [0.2, 0.25) is 0 Å². The van der Waals surface area contributed by atoms with E-state index in [9.17, 15) is 9.59 Å². The molecule has 6 heteroatoms. The van der Waals surface area contributed by atoms with Gasteiger partial charge in [0.05, 0.1) is 12.7 Å². The van der Waals surface area contributed by atoms with Crippen molar-refractivity contribution < 1.29 is 23.8 Å². The molecule has 6 nitrogen and oxygen atoms in total. The molecule has 0 N–H and O–H groups in total. The number of benzene rings is 1. The van der Waals surface area contributed by atoms with E-state index in [4.69, 9.17) is 14.2 Å². The molecular formula is C18H25NO5. The number of likely N-dealkylation sites (tertiary alicyclic amines) is 1. The van der Waals surface area contributed by atoms with Crippen LogP contribution in [0.3, 0.4) is 0 Å². The summed E-state index contributed by atoms with van der Waals surface area (Å²) in [5.41, 5.74) is -0.162. The van der Waals surface area contributed by atoms with E-state index in [0.717, 1.165) is 12.8 Å². The number of carbonyl (C=O) groups is 2. The number of hydrogen-bond donors (Lipinski definition) is 0. The number of esters is 1. The maximum atomic E-state index is 12.3. The van der Waals surface area contributed by atoms with E-state index < -0.39 is 23.9 Å². The summed E-state index contributed by atoms with van der Waals surface area (Å²) in [5, 5.41) is 0. The number of methoxy groups -OCH3 is 1. The summed E-state index contributed by atoms with van der Waals surface area (Å²) in [7, 11) is 1.56. The van der Waals surface area contributed by atoms with E-state index in [1.54, 1.807) is 31.4 Å². The van der Waals surface area contributed by atoms with Gasteiger partial charge in [0, 0.05) is 13.0 Å². The predicted molar refractivity (Wildman–Crippen MR) is 89.0 cm³/mol. The number of rotatable bonds is 3. The van der Waals surface area contributed by atoms with Gasteiger partial charge in [-0.05, 0) is 57.9 Å². The smallest absolute Gasteiger partial charge is 0.413 e. The Balaban J connectivity index is 2.04. The van der Waals surface area contributed by atoms with Crippen molar-refractivity contribution in [2.45, 2.75) is 51.9 Å². The van der Waals surface area contributed by atoms with Crippen molar-refractivity contribution in [2.75, 3.05) is 13.7 Å². The lowest BCUT2D eigenvalue weighted by molar-refractivity contribution is -0.0596. The van der Waals surface area contributed by atoms with Crippen LogP contribution in [-0.4, -0.2) is 42.4 Å². The molecule has 0 bridgehead atoms. The summed E-state index contributed by atoms with van der Waals surface area (Å²) < 4.78 is 16.0. The quantitative estimate of drug-likeness (QED) is 0.790. The molecule has 0 radical (unpaired) electrons. The number of piperidine rings is 1. The third-order valence-electron chi connectivity index (χ3n) is 3.64. The molecule has 1 aromatic rings. The average Bonchev–Trinajstić information content (AvgIpc) is 2.53. The Labute approximate surface area is 142 Å². The van der Waals surface area contributed by atoms with Crippen LogP contribution in [0.4, 0.5) is 4.79 Å². The highest BCUT2D eigenvalue weighted by Gasteiger charge is 2.33. The van der Waals surface area contributed by atoms with Crippen LogP contribution in [-0.2, 0) is 9.47 Å². The highest BCUT2D eigenvalue weighted by Crippen LogP contribution is 2.22. The van der Waals surface area contributed by atoms with Gasteiger partial charge in [0.1, 0.15) is 11.4 Å². The van der Waals surface area contributed by atoms with Gasteiger partial charge in [-0.2, -0.15) is 0 Å². The fourth-order valence-corrected chi connectivity index (χ4v) is 2.47. The molecule has 1 atom stereocenters. The van der Waals surface area contributed by atoms with Crippen LogP contribution in [0, 0.1) is 0 Å². The van der Waals surface area contributed by atoms with Crippen molar-refractivity contribution in [3.8, 4) is 5.75 Å². The zero-order valence-electron chi connectivity index (χ0n) is 14.7. The molecule has 2 rings (SSSR count). The summed E-state index contributed by atoms with van der Waals surface area (Å²) >= 11 is 0. The van der Waals surface area contributed by atoms with Crippen molar-refractivity contribution in [2.24, 2.45) is 0 Å². The van der Waals surface area contributed by atoms with E-state index in [-0.39, 0.29) is 0 Å². The van der Waals surface area contributed by atoms with Crippen molar-refractivity contribution in [1.29, 1.82) is 0 Å². The first kappa shape index (κ1) is 18.1. The zero-order valence-corrected chi connectivity index (χ0v) is 14.7. The summed E-state index contributed by atoms with van der Waals surface area (Å²) in [5.74, 6) is 0.206. The van der Waals surface area contributed by atoms with Crippen LogP contribution in [0.2, 0.25) is 0 Å². The van der Waals surface area contributed by atoms with Gasteiger partial charge in [-0.15, -0.1) is 0 Å². The van der Waals surface area contributed by atoms with Crippen LogP contribution in [0.1, 0.15) is 50.4 Å².